The molecule has 0 aliphatic carbocycles. The zero-order valence-electron chi connectivity index (χ0n) is 10.8. The van der Waals surface area contributed by atoms with Gasteiger partial charge in [0, 0.05) is 19.5 Å². The van der Waals surface area contributed by atoms with E-state index in [4.69, 9.17) is 0 Å². The number of aromatic hydroxyl groups is 1. The number of hydrogen-bond acceptors (Lipinski definition) is 4. The van der Waals surface area contributed by atoms with Crippen molar-refractivity contribution >= 4 is 11.9 Å². The van der Waals surface area contributed by atoms with E-state index in [2.05, 4.69) is 4.74 Å². The number of nitrogens with zero attached hydrogens (tertiary/aromatic N) is 1. The van der Waals surface area contributed by atoms with Gasteiger partial charge in [-0.1, -0.05) is 12.1 Å². The average Bonchev–Trinajstić information content (AvgIpc) is 2.77. The molecule has 0 bridgehead atoms. The largest absolute Gasteiger partial charge is 0.508 e. The van der Waals surface area contributed by atoms with Gasteiger partial charge in [0.1, 0.15) is 5.75 Å². The van der Waals surface area contributed by atoms with Gasteiger partial charge in [0.2, 0.25) is 5.91 Å². The summed E-state index contributed by atoms with van der Waals surface area (Å²) >= 11 is 0. The lowest BCUT2D eigenvalue weighted by Crippen LogP contribution is -2.28. The van der Waals surface area contributed by atoms with Crippen molar-refractivity contribution in [3.05, 3.63) is 29.8 Å². The fourth-order valence-corrected chi connectivity index (χ4v) is 2.29. The van der Waals surface area contributed by atoms with Crippen molar-refractivity contribution < 1.29 is 19.4 Å². The summed E-state index contributed by atoms with van der Waals surface area (Å²) in [5.74, 6) is -0.469. The van der Waals surface area contributed by atoms with Gasteiger partial charge in [0.25, 0.3) is 0 Å². The third-order valence-corrected chi connectivity index (χ3v) is 3.33. The summed E-state index contributed by atoms with van der Waals surface area (Å²) in [7, 11) is 1.34. The number of benzene rings is 1. The molecule has 1 N–H and O–H groups in total. The molecule has 19 heavy (non-hydrogen) atoms. The van der Waals surface area contributed by atoms with Gasteiger partial charge >= 0.3 is 5.97 Å². The number of likely N-dealkylation sites (tertiary alicyclic amines) is 1. The Kier molecular flexibility index (Phi) is 4.04. The Morgan fingerprint density at radius 3 is 3.00 bits per heavy atom. The van der Waals surface area contributed by atoms with Gasteiger partial charge in [-0.25, -0.2) is 0 Å². The molecule has 102 valence electrons. The van der Waals surface area contributed by atoms with Gasteiger partial charge in [0.05, 0.1) is 13.0 Å². The highest BCUT2D eigenvalue weighted by Gasteiger charge is 2.34. The first-order valence-electron chi connectivity index (χ1n) is 6.23. The van der Waals surface area contributed by atoms with Gasteiger partial charge in [-0.15, -0.1) is 0 Å². The van der Waals surface area contributed by atoms with Crippen LogP contribution in [0.5, 0.6) is 5.75 Å². The molecule has 5 heteroatoms. The van der Waals surface area contributed by atoms with Crippen LogP contribution in [-0.4, -0.2) is 42.1 Å². The molecule has 1 aromatic rings. The van der Waals surface area contributed by atoms with E-state index in [0.29, 0.717) is 19.5 Å². The summed E-state index contributed by atoms with van der Waals surface area (Å²) in [4.78, 5) is 24.8. The molecule has 0 radical (unpaired) electrons. The van der Waals surface area contributed by atoms with Crippen LogP contribution in [0.15, 0.2) is 24.3 Å². The summed E-state index contributed by atoms with van der Waals surface area (Å²) in [5, 5.41) is 9.36. The van der Waals surface area contributed by atoms with E-state index >= 15 is 0 Å². The maximum atomic E-state index is 11.8. The Morgan fingerprint density at radius 2 is 2.32 bits per heavy atom. The number of phenolic OH excluding ortho intramolecular Hbond substituents is 1. The number of carbonyl (C=O) groups is 2. The predicted octanol–water partition coefficient (Wildman–Crippen LogP) is 0.956. The number of ether oxygens (including phenoxy) is 1. The average molecular weight is 263 g/mol. The molecule has 1 heterocycles. The van der Waals surface area contributed by atoms with E-state index in [1.54, 1.807) is 23.1 Å². The van der Waals surface area contributed by atoms with Crippen LogP contribution in [-0.2, 0) is 20.7 Å². The lowest BCUT2D eigenvalue weighted by Gasteiger charge is -2.16. The molecule has 2 rings (SSSR count). The Bertz CT molecular complexity index is 486. The normalized spacial score (nSPS) is 18.7. The van der Waals surface area contributed by atoms with Crippen molar-refractivity contribution in [2.45, 2.75) is 12.8 Å². The topological polar surface area (TPSA) is 66.8 Å². The summed E-state index contributed by atoms with van der Waals surface area (Å²) in [6.45, 7) is 0.972. The maximum Gasteiger partial charge on any atom is 0.310 e. The van der Waals surface area contributed by atoms with E-state index in [1.807, 2.05) is 6.07 Å². The molecule has 1 fully saturated rings. The van der Waals surface area contributed by atoms with E-state index in [9.17, 15) is 14.7 Å². The lowest BCUT2D eigenvalue weighted by atomic mass is 10.1. The van der Waals surface area contributed by atoms with Crippen molar-refractivity contribution in [3.63, 3.8) is 0 Å². The van der Waals surface area contributed by atoms with Crippen LogP contribution in [0, 0.1) is 5.92 Å². The van der Waals surface area contributed by atoms with Crippen LogP contribution in [0.3, 0.4) is 0 Å². The molecule has 1 aromatic carbocycles. The van der Waals surface area contributed by atoms with Gasteiger partial charge in [0.15, 0.2) is 0 Å². The van der Waals surface area contributed by atoms with Crippen molar-refractivity contribution in [2.75, 3.05) is 20.2 Å². The number of phenols is 1. The number of carbonyl (C=O) groups excluding carboxylic acids is 2. The minimum Gasteiger partial charge on any atom is -0.508 e. The zero-order valence-corrected chi connectivity index (χ0v) is 10.8. The maximum absolute atomic E-state index is 11.8. The van der Waals surface area contributed by atoms with E-state index in [0.717, 1.165) is 5.56 Å². The fourth-order valence-electron chi connectivity index (χ4n) is 2.29. The van der Waals surface area contributed by atoms with Crippen LogP contribution in [0.1, 0.15) is 12.0 Å². The molecule has 1 amide bonds. The third-order valence-electron chi connectivity index (χ3n) is 3.33. The van der Waals surface area contributed by atoms with Gasteiger partial charge in [-0.3, -0.25) is 9.59 Å². The smallest absolute Gasteiger partial charge is 0.310 e. The Hall–Kier alpha value is -2.04. The molecule has 0 aromatic heterocycles. The minimum absolute atomic E-state index is 0.0180. The first-order valence-corrected chi connectivity index (χ1v) is 6.23. The lowest BCUT2D eigenvalue weighted by molar-refractivity contribution is -0.145. The van der Waals surface area contributed by atoms with E-state index in [1.165, 1.54) is 7.11 Å². The van der Waals surface area contributed by atoms with Crippen molar-refractivity contribution in [3.8, 4) is 5.75 Å². The first-order chi connectivity index (χ1) is 9.10. The number of amides is 1. The summed E-state index contributed by atoms with van der Waals surface area (Å²) < 4.78 is 4.66. The summed E-state index contributed by atoms with van der Waals surface area (Å²) in [6.07, 6.45) is 0.890. The second-order valence-corrected chi connectivity index (χ2v) is 4.68. The summed E-state index contributed by atoms with van der Waals surface area (Å²) in [5.41, 5.74) is 0.967. The molecule has 1 aliphatic rings. The quantitative estimate of drug-likeness (QED) is 0.821. The fraction of sp³-hybridized carbons (Fsp3) is 0.429. The Morgan fingerprint density at radius 1 is 1.53 bits per heavy atom. The second-order valence-electron chi connectivity index (χ2n) is 4.68. The minimum atomic E-state index is -0.346. The van der Waals surface area contributed by atoms with Crippen molar-refractivity contribution in [1.82, 2.24) is 4.90 Å². The monoisotopic (exact) mass is 263 g/mol. The van der Waals surface area contributed by atoms with E-state index in [-0.39, 0.29) is 30.0 Å². The molecule has 1 unspecified atom stereocenters. The Labute approximate surface area is 111 Å². The highest BCUT2D eigenvalue weighted by molar-refractivity contribution is 5.86. The Balaban J connectivity index is 1.90. The van der Waals surface area contributed by atoms with Crippen molar-refractivity contribution in [2.24, 2.45) is 5.92 Å². The second kappa shape index (κ2) is 5.73. The molecular weight excluding hydrogens is 246 g/mol. The SMILES string of the molecule is COC(=O)C1CC(=O)N(CCc2cccc(O)c2)C1. The standard InChI is InChI=1S/C14H17NO4/c1-19-14(18)11-8-13(17)15(9-11)6-5-10-3-2-4-12(16)7-10/h2-4,7,11,16H,5-6,8-9H2,1H3. The van der Waals surface area contributed by atoms with Gasteiger partial charge in [-0.2, -0.15) is 0 Å². The first kappa shape index (κ1) is 13.4. The number of esters is 1. The van der Waals surface area contributed by atoms with Gasteiger partial charge in [-0.05, 0) is 24.1 Å². The van der Waals surface area contributed by atoms with Crippen LogP contribution >= 0.6 is 0 Å². The molecule has 0 spiro atoms. The third kappa shape index (κ3) is 3.24. The molecule has 1 saturated heterocycles. The molecule has 5 nitrogen and oxygen atoms in total. The molecular formula is C14H17NO4. The van der Waals surface area contributed by atoms with Crippen LogP contribution in [0.25, 0.3) is 0 Å². The highest BCUT2D eigenvalue weighted by Crippen LogP contribution is 2.20. The van der Waals surface area contributed by atoms with Crippen LogP contribution < -0.4 is 0 Å². The summed E-state index contributed by atoms with van der Waals surface area (Å²) in [6, 6.07) is 6.96. The van der Waals surface area contributed by atoms with Gasteiger partial charge < -0.3 is 14.7 Å². The van der Waals surface area contributed by atoms with Crippen LogP contribution in [0.2, 0.25) is 0 Å². The molecule has 1 atom stereocenters. The molecule has 1 aliphatic heterocycles. The predicted molar refractivity (Wildman–Crippen MR) is 68.5 cm³/mol. The van der Waals surface area contributed by atoms with E-state index < -0.39 is 0 Å². The number of hydrogen-bond donors (Lipinski definition) is 1. The van der Waals surface area contributed by atoms with Crippen LogP contribution in [0.4, 0.5) is 0 Å². The highest BCUT2D eigenvalue weighted by atomic mass is 16.5. The molecule has 0 saturated carbocycles. The number of methoxy groups -OCH3 is 1. The van der Waals surface area contributed by atoms with Crippen molar-refractivity contribution in [1.29, 1.82) is 0 Å². The number of rotatable bonds is 4. The zero-order chi connectivity index (χ0) is 13.8.